The normalized spacial score (nSPS) is 14.3. The van der Waals surface area contributed by atoms with Gasteiger partial charge in [-0.2, -0.15) is 0 Å². The van der Waals surface area contributed by atoms with Crippen LogP contribution in [0.5, 0.6) is 11.5 Å². The van der Waals surface area contributed by atoms with E-state index in [-0.39, 0.29) is 12.5 Å². The smallest absolute Gasteiger partial charge is 0.260 e. The molecule has 0 unspecified atom stereocenters. The third kappa shape index (κ3) is 4.57. The van der Waals surface area contributed by atoms with Crippen LogP contribution in [0.3, 0.4) is 0 Å². The molecular formula is C19H21ClN2O3. The van der Waals surface area contributed by atoms with E-state index in [2.05, 4.69) is 4.90 Å². The Morgan fingerprint density at radius 2 is 1.76 bits per heavy atom. The van der Waals surface area contributed by atoms with Gasteiger partial charge in [-0.25, -0.2) is 0 Å². The molecule has 2 aromatic rings. The van der Waals surface area contributed by atoms with Crippen LogP contribution in [-0.2, 0) is 4.79 Å². The molecule has 5 nitrogen and oxygen atoms in total. The van der Waals surface area contributed by atoms with Crippen LogP contribution in [0.2, 0.25) is 5.02 Å². The lowest BCUT2D eigenvalue weighted by Gasteiger charge is -2.36. The summed E-state index contributed by atoms with van der Waals surface area (Å²) < 4.78 is 10.7. The van der Waals surface area contributed by atoms with Gasteiger partial charge in [-0.15, -0.1) is 0 Å². The molecule has 2 aromatic carbocycles. The maximum absolute atomic E-state index is 12.4. The summed E-state index contributed by atoms with van der Waals surface area (Å²) >= 11 is 6.05. The highest BCUT2D eigenvalue weighted by molar-refractivity contribution is 6.30. The summed E-state index contributed by atoms with van der Waals surface area (Å²) in [6.07, 6.45) is 0. The van der Waals surface area contributed by atoms with Crippen LogP contribution in [0.4, 0.5) is 5.69 Å². The van der Waals surface area contributed by atoms with Crippen molar-refractivity contribution < 1.29 is 14.3 Å². The van der Waals surface area contributed by atoms with Gasteiger partial charge in [0.15, 0.2) is 6.61 Å². The van der Waals surface area contributed by atoms with Crippen molar-refractivity contribution in [2.75, 3.05) is 44.8 Å². The number of benzene rings is 2. The molecule has 3 rings (SSSR count). The van der Waals surface area contributed by atoms with E-state index < -0.39 is 0 Å². The molecule has 0 bridgehead atoms. The summed E-state index contributed by atoms with van der Waals surface area (Å²) in [5.41, 5.74) is 1.09. The van der Waals surface area contributed by atoms with Gasteiger partial charge in [0.05, 0.1) is 7.11 Å². The number of piperazine rings is 1. The Labute approximate surface area is 152 Å². The molecule has 1 aliphatic heterocycles. The van der Waals surface area contributed by atoms with Crippen molar-refractivity contribution in [3.05, 3.63) is 53.6 Å². The van der Waals surface area contributed by atoms with E-state index in [0.29, 0.717) is 24.6 Å². The van der Waals surface area contributed by atoms with E-state index in [9.17, 15) is 4.79 Å². The maximum Gasteiger partial charge on any atom is 0.260 e. The number of hydrogen-bond donors (Lipinski definition) is 0. The lowest BCUT2D eigenvalue weighted by atomic mass is 10.2. The Kier molecular flexibility index (Phi) is 5.66. The first-order valence-corrected chi connectivity index (χ1v) is 8.58. The van der Waals surface area contributed by atoms with Crippen LogP contribution in [-0.4, -0.2) is 50.7 Å². The highest BCUT2D eigenvalue weighted by Crippen LogP contribution is 2.21. The topological polar surface area (TPSA) is 42.0 Å². The maximum atomic E-state index is 12.4. The monoisotopic (exact) mass is 360 g/mol. The zero-order valence-corrected chi connectivity index (χ0v) is 14.9. The molecule has 6 heteroatoms. The fraction of sp³-hybridized carbons (Fsp3) is 0.316. The number of carbonyl (C=O) groups excluding carboxylic acids is 1. The van der Waals surface area contributed by atoms with Gasteiger partial charge in [0.2, 0.25) is 0 Å². The van der Waals surface area contributed by atoms with Gasteiger partial charge >= 0.3 is 0 Å². The lowest BCUT2D eigenvalue weighted by molar-refractivity contribution is -0.133. The molecule has 0 aromatic heterocycles. The number of anilines is 1. The van der Waals surface area contributed by atoms with Crippen molar-refractivity contribution in [2.45, 2.75) is 0 Å². The zero-order valence-electron chi connectivity index (χ0n) is 14.2. The average Bonchev–Trinajstić information content (AvgIpc) is 2.66. The summed E-state index contributed by atoms with van der Waals surface area (Å²) in [7, 11) is 1.60. The van der Waals surface area contributed by atoms with E-state index in [0.717, 1.165) is 23.8 Å². The Morgan fingerprint density at radius 1 is 1.04 bits per heavy atom. The molecule has 0 saturated carbocycles. The van der Waals surface area contributed by atoms with E-state index in [1.54, 1.807) is 13.2 Å². The van der Waals surface area contributed by atoms with Gasteiger partial charge < -0.3 is 19.3 Å². The van der Waals surface area contributed by atoms with Gasteiger partial charge in [-0.3, -0.25) is 4.79 Å². The first-order chi connectivity index (χ1) is 12.2. The van der Waals surface area contributed by atoms with Crippen LogP contribution >= 0.6 is 11.6 Å². The van der Waals surface area contributed by atoms with Gasteiger partial charge in [0.25, 0.3) is 5.91 Å². The number of methoxy groups -OCH3 is 1. The number of ether oxygens (including phenoxy) is 2. The Bertz CT molecular complexity index is 730. The molecular weight excluding hydrogens is 340 g/mol. The molecule has 0 radical (unpaired) electrons. The third-order valence-corrected chi connectivity index (χ3v) is 4.44. The predicted molar refractivity (Wildman–Crippen MR) is 98.7 cm³/mol. The summed E-state index contributed by atoms with van der Waals surface area (Å²) in [5.74, 6) is 1.33. The van der Waals surface area contributed by atoms with E-state index in [1.165, 1.54) is 0 Å². The fourth-order valence-corrected chi connectivity index (χ4v) is 3.00. The number of halogens is 1. The predicted octanol–water partition coefficient (Wildman–Crippen LogP) is 3.08. The van der Waals surface area contributed by atoms with E-state index in [1.807, 2.05) is 47.4 Å². The third-order valence-electron chi connectivity index (χ3n) is 4.21. The standard InChI is InChI=1S/C19H21ClN2O3/c1-24-17-6-3-7-18(13-17)25-14-19(23)22-10-8-21(9-11-22)16-5-2-4-15(20)12-16/h2-7,12-13H,8-11,14H2,1H3. The first kappa shape index (κ1) is 17.4. The van der Waals surface area contributed by atoms with Crippen molar-refractivity contribution in [1.82, 2.24) is 4.90 Å². The van der Waals surface area contributed by atoms with Gasteiger partial charge in [-0.05, 0) is 30.3 Å². The van der Waals surface area contributed by atoms with Crippen LogP contribution in [0.15, 0.2) is 48.5 Å². The molecule has 1 amide bonds. The number of hydrogen-bond acceptors (Lipinski definition) is 4. The van der Waals surface area contributed by atoms with E-state index >= 15 is 0 Å². The van der Waals surface area contributed by atoms with Crippen molar-refractivity contribution in [2.24, 2.45) is 0 Å². The van der Waals surface area contributed by atoms with Crippen molar-refractivity contribution in [3.8, 4) is 11.5 Å². The Morgan fingerprint density at radius 3 is 2.48 bits per heavy atom. The van der Waals surface area contributed by atoms with Crippen LogP contribution in [0.1, 0.15) is 0 Å². The summed E-state index contributed by atoms with van der Waals surface area (Å²) in [6, 6.07) is 15.0. The summed E-state index contributed by atoms with van der Waals surface area (Å²) in [5, 5.41) is 0.725. The molecule has 1 saturated heterocycles. The van der Waals surface area contributed by atoms with Crippen LogP contribution in [0.25, 0.3) is 0 Å². The number of amides is 1. The van der Waals surface area contributed by atoms with Gasteiger partial charge in [0.1, 0.15) is 11.5 Å². The minimum atomic E-state index is -0.00596. The highest BCUT2D eigenvalue weighted by atomic mass is 35.5. The minimum absolute atomic E-state index is 0.00596. The van der Waals surface area contributed by atoms with Crippen molar-refractivity contribution >= 4 is 23.2 Å². The van der Waals surface area contributed by atoms with Gasteiger partial charge in [-0.1, -0.05) is 23.7 Å². The SMILES string of the molecule is COc1cccc(OCC(=O)N2CCN(c3cccc(Cl)c3)CC2)c1. The van der Waals surface area contributed by atoms with Gasteiger partial charge in [0, 0.05) is 43.0 Å². The molecule has 0 N–H and O–H groups in total. The Balaban J connectivity index is 1.49. The van der Waals surface area contributed by atoms with Crippen molar-refractivity contribution in [3.63, 3.8) is 0 Å². The van der Waals surface area contributed by atoms with E-state index in [4.69, 9.17) is 21.1 Å². The quantitative estimate of drug-likeness (QED) is 0.821. The summed E-state index contributed by atoms with van der Waals surface area (Å²) in [4.78, 5) is 16.4. The Hall–Kier alpha value is -2.40. The second-order valence-corrected chi connectivity index (χ2v) is 6.25. The fourth-order valence-electron chi connectivity index (χ4n) is 2.81. The molecule has 0 aliphatic carbocycles. The molecule has 1 fully saturated rings. The van der Waals surface area contributed by atoms with Crippen LogP contribution in [0, 0.1) is 0 Å². The zero-order chi connectivity index (χ0) is 17.6. The number of nitrogens with zero attached hydrogens (tertiary/aromatic N) is 2. The molecule has 132 valence electrons. The number of carbonyl (C=O) groups is 1. The van der Waals surface area contributed by atoms with Crippen LogP contribution < -0.4 is 14.4 Å². The highest BCUT2D eigenvalue weighted by Gasteiger charge is 2.21. The molecule has 1 heterocycles. The number of rotatable bonds is 5. The minimum Gasteiger partial charge on any atom is -0.497 e. The summed E-state index contributed by atoms with van der Waals surface area (Å²) in [6.45, 7) is 2.94. The molecule has 0 spiro atoms. The average molecular weight is 361 g/mol. The van der Waals surface area contributed by atoms with Crippen molar-refractivity contribution in [1.29, 1.82) is 0 Å². The molecule has 25 heavy (non-hydrogen) atoms. The largest absolute Gasteiger partial charge is 0.497 e. The second kappa shape index (κ2) is 8.12. The molecule has 1 aliphatic rings. The second-order valence-electron chi connectivity index (χ2n) is 5.82. The molecule has 0 atom stereocenters. The lowest BCUT2D eigenvalue weighted by Crippen LogP contribution is -2.50. The first-order valence-electron chi connectivity index (χ1n) is 8.21.